The maximum absolute atomic E-state index is 11.3. The zero-order chi connectivity index (χ0) is 16.7. The van der Waals surface area contributed by atoms with Gasteiger partial charge in [-0.25, -0.2) is 9.59 Å². The molecule has 23 heavy (non-hydrogen) atoms. The Morgan fingerprint density at radius 3 is 2.43 bits per heavy atom. The second-order valence-corrected chi connectivity index (χ2v) is 5.06. The fourth-order valence-corrected chi connectivity index (χ4v) is 2.29. The molecule has 3 aromatic rings. The normalized spacial score (nSPS) is 10.8. The van der Waals surface area contributed by atoms with Gasteiger partial charge in [-0.15, -0.1) is 15.0 Å². The molecule has 8 nitrogen and oxygen atoms in total. The number of aromatic carboxylic acids is 2. The van der Waals surface area contributed by atoms with Crippen molar-refractivity contribution in [1.82, 2.24) is 15.0 Å². The van der Waals surface area contributed by atoms with Crippen LogP contribution in [0.5, 0.6) is 5.75 Å². The van der Waals surface area contributed by atoms with E-state index < -0.39 is 11.9 Å². The van der Waals surface area contributed by atoms with Gasteiger partial charge < -0.3 is 15.3 Å². The Bertz CT molecular complexity index is 966. The highest BCUT2D eigenvalue weighted by atomic mass is 35.5. The molecule has 0 unspecified atom stereocenters. The van der Waals surface area contributed by atoms with Gasteiger partial charge in [-0.2, -0.15) is 0 Å². The summed E-state index contributed by atoms with van der Waals surface area (Å²) in [4.78, 5) is 23.3. The molecule has 0 bridgehead atoms. The third-order valence-electron chi connectivity index (χ3n) is 3.12. The van der Waals surface area contributed by atoms with E-state index in [1.54, 1.807) is 0 Å². The van der Waals surface area contributed by atoms with Crippen LogP contribution in [0.1, 0.15) is 20.7 Å². The van der Waals surface area contributed by atoms with Crippen molar-refractivity contribution in [3.05, 3.63) is 46.5 Å². The maximum Gasteiger partial charge on any atom is 0.338 e. The third-order valence-corrected chi connectivity index (χ3v) is 3.34. The molecular weight excluding hydrogens is 326 g/mol. The second kappa shape index (κ2) is 5.25. The number of nitrogens with zero attached hydrogens (tertiary/aromatic N) is 3. The summed E-state index contributed by atoms with van der Waals surface area (Å²) in [7, 11) is 0. The number of halogens is 1. The fourth-order valence-electron chi connectivity index (χ4n) is 2.07. The number of carboxylic acids is 2. The Hall–Kier alpha value is -3.13. The Balaban J connectivity index is 2.26. The van der Waals surface area contributed by atoms with Crippen LogP contribution in [-0.2, 0) is 0 Å². The standard InChI is InChI=1S/C14H8ClN3O5/c15-7-4-8(14(22)23)12-9(5-7)16-18(17-12)10-3-6(13(20)21)1-2-11(10)19/h1-5,19H,(H,20,21)(H,22,23). The summed E-state index contributed by atoms with van der Waals surface area (Å²) in [6.45, 7) is 0. The number of carbonyl (C=O) groups is 2. The molecule has 0 spiro atoms. The van der Waals surface area contributed by atoms with Crippen LogP contribution in [0.4, 0.5) is 0 Å². The number of carboxylic acid groups (broad SMARTS) is 2. The van der Waals surface area contributed by atoms with Gasteiger partial charge in [-0.05, 0) is 30.3 Å². The minimum Gasteiger partial charge on any atom is -0.506 e. The molecule has 1 heterocycles. The summed E-state index contributed by atoms with van der Waals surface area (Å²) >= 11 is 5.85. The molecule has 0 atom stereocenters. The van der Waals surface area contributed by atoms with Crippen LogP contribution in [0.15, 0.2) is 30.3 Å². The molecule has 0 saturated carbocycles. The lowest BCUT2D eigenvalue weighted by molar-refractivity contribution is 0.0687. The number of aromatic nitrogens is 3. The quantitative estimate of drug-likeness (QED) is 0.670. The molecule has 116 valence electrons. The van der Waals surface area contributed by atoms with Gasteiger partial charge in [0.25, 0.3) is 0 Å². The number of hydrogen-bond acceptors (Lipinski definition) is 5. The van der Waals surface area contributed by atoms with Crippen molar-refractivity contribution in [3.8, 4) is 11.4 Å². The lowest BCUT2D eigenvalue weighted by Crippen LogP contribution is -2.03. The highest BCUT2D eigenvalue weighted by Gasteiger charge is 2.17. The molecular formula is C14H8ClN3O5. The van der Waals surface area contributed by atoms with Crippen LogP contribution in [0.2, 0.25) is 5.02 Å². The summed E-state index contributed by atoms with van der Waals surface area (Å²) in [6.07, 6.45) is 0. The molecule has 0 amide bonds. The topological polar surface area (TPSA) is 126 Å². The van der Waals surface area contributed by atoms with Crippen LogP contribution < -0.4 is 0 Å². The van der Waals surface area contributed by atoms with Gasteiger partial charge in [0.1, 0.15) is 22.5 Å². The first-order valence-corrected chi connectivity index (χ1v) is 6.61. The molecule has 1 aromatic heterocycles. The summed E-state index contributed by atoms with van der Waals surface area (Å²) in [5.74, 6) is -2.66. The van der Waals surface area contributed by atoms with Crippen molar-refractivity contribution in [3.63, 3.8) is 0 Å². The minimum atomic E-state index is -1.23. The lowest BCUT2D eigenvalue weighted by atomic mass is 10.2. The van der Waals surface area contributed by atoms with Gasteiger partial charge in [0.2, 0.25) is 0 Å². The van der Waals surface area contributed by atoms with Gasteiger partial charge in [0, 0.05) is 5.02 Å². The predicted octanol–water partition coefficient (Wildman–Crippen LogP) is 2.18. The first-order valence-electron chi connectivity index (χ1n) is 6.23. The van der Waals surface area contributed by atoms with Crippen LogP contribution in [0.3, 0.4) is 0 Å². The van der Waals surface area contributed by atoms with Crippen molar-refractivity contribution in [1.29, 1.82) is 0 Å². The lowest BCUT2D eigenvalue weighted by Gasteiger charge is -2.03. The number of benzene rings is 2. The molecule has 0 aliphatic carbocycles. The zero-order valence-electron chi connectivity index (χ0n) is 11.3. The molecule has 0 aliphatic rings. The van der Waals surface area contributed by atoms with Crippen molar-refractivity contribution in [2.24, 2.45) is 0 Å². The number of phenols is 1. The van der Waals surface area contributed by atoms with Gasteiger partial charge in [-0.3, -0.25) is 0 Å². The molecule has 0 aliphatic heterocycles. The predicted molar refractivity (Wildman–Crippen MR) is 79.5 cm³/mol. The summed E-state index contributed by atoms with van der Waals surface area (Å²) in [5, 5.41) is 36.3. The summed E-state index contributed by atoms with van der Waals surface area (Å²) < 4.78 is 0. The number of phenolic OH excluding ortho intramolecular Hbond substituents is 1. The maximum atomic E-state index is 11.3. The molecule has 0 radical (unpaired) electrons. The van der Waals surface area contributed by atoms with Crippen molar-refractivity contribution in [2.45, 2.75) is 0 Å². The van der Waals surface area contributed by atoms with Crippen molar-refractivity contribution >= 4 is 34.6 Å². The average Bonchev–Trinajstić information content (AvgIpc) is 2.89. The number of rotatable bonds is 3. The monoisotopic (exact) mass is 333 g/mol. The Morgan fingerprint density at radius 1 is 1.04 bits per heavy atom. The fraction of sp³-hybridized carbons (Fsp3) is 0. The van der Waals surface area contributed by atoms with Gasteiger partial charge >= 0.3 is 11.9 Å². The van der Waals surface area contributed by atoms with Crippen LogP contribution in [-0.4, -0.2) is 42.3 Å². The number of hydrogen-bond donors (Lipinski definition) is 3. The van der Waals surface area contributed by atoms with E-state index in [0.29, 0.717) is 0 Å². The zero-order valence-corrected chi connectivity index (χ0v) is 12.0. The highest BCUT2D eigenvalue weighted by molar-refractivity contribution is 6.31. The second-order valence-electron chi connectivity index (χ2n) is 4.62. The first-order chi connectivity index (χ1) is 10.9. The molecule has 3 N–H and O–H groups in total. The van der Waals surface area contributed by atoms with Crippen LogP contribution in [0, 0.1) is 0 Å². The van der Waals surface area contributed by atoms with Gasteiger partial charge in [0.15, 0.2) is 0 Å². The van der Waals surface area contributed by atoms with Crippen molar-refractivity contribution in [2.75, 3.05) is 0 Å². The van der Waals surface area contributed by atoms with E-state index in [-0.39, 0.29) is 38.6 Å². The van der Waals surface area contributed by atoms with E-state index in [0.717, 1.165) is 4.80 Å². The Morgan fingerprint density at radius 2 is 1.78 bits per heavy atom. The van der Waals surface area contributed by atoms with Gasteiger partial charge in [0.05, 0.1) is 11.1 Å². The summed E-state index contributed by atoms with van der Waals surface area (Å²) in [5.41, 5.74) is 0.0638. The third kappa shape index (κ3) is 2.55. The molecule has 9 heteroatoms. The molecule has 0 saturated heterocycles. The first kappa shape index (κ1) is 14.8. The average molecular weight is 334 g/mol. The van der Waals surface area contributed by atoms with Crippen LogP contribution >= 0.6 is 11.6 Å². The van der Waals surface area contributed by atoms with E-state index >= 15 is 0 Å². The van der Waals surface area contributed by atoms with E-state index in [4.69, 9.17) is 16.7 Å². The molecule has 3 rings (SSSR count). The number of aromatic hydroxyl groups is 1. The van der Waals surface area contributed by atoms with E-state index in [9.17, 15) is 19.8 Å². The minimum absolute atomic E-state index is 0.00793. The summed E-state index contributed by atoms with van der Waals surface area (Å²) in [6, 6.07) is 6.25. The highest BCUT2D eigenvalue weighted by Crippen LogP contribution is 2.26. The van der Waals surface area contributed by atoms with E-state index in [1.165, 1.54) is 30.3 Å². The van der Waals surface area contributed by atoms with E-state index in [2.05, 4.69) is 10.2 Å². The van der Waals surface area contributed by atoms with E-state index in [1.807, 2.05) is 0 Å². The molecule has 0 fully saturated rings. The van der Waals surface area contributed by atoms with Crippen molar-refractivity contribution < 1.29 is 24.9 Å². The SMILES string of the molecule is O=C(O)c1ccc(O)c(-n2nc3cc(Cl)cc(C(=O)O)c3n2)c1. The van der Waals surface area contributed by atoms with Crippen LogP contribution in [0.25, 0.3) is 16.7 Å². The Kier molecular flexibility index (Phi) is 3.38. The number of fused-ring (bicyclic) bond motifs is 1. The Labute approximate surface area is 133 Å². The molecule has 2 aromatic carbocycles. The largest absolute Gasteiger partial charge is 0.506 e. The smallest absolute Gasteiger partial charge is 0.338 e. The van der Waals surface area contributed by atoms with Gasteiger partial charge in [-0.1, -0.05) is 11.6 Å².